The summed E-state index contributed by atoms with van der Waals surface area (Å²) < 4.78 is 1.37. The molecule has 0 aliphatic carbocycles. The smallest absolute Gasteiger partial charge is 1.00 e. The summed E-state index contributed by atoms with van der Waals surface area (Å²) in [6, 6.07) is 6.91. The number of rotatable bonds is 3. The molecule has 0 bridgehead atoms. The van der Waals surface area contributed by atoms with Crippen LogP contribution in [0.3, 0.4) is 0 Å². The average molecular weight is 307 g/mol. The van der Waals surface area contributed by atoms with Crippen molar-refractivity contribution in [2.45, 2.75) is 4.90 Å². The predicted molar refractivity (Wildman–Crippen MR) is 65.6 cm³/mol. The number of benzene rings is 1. The van der Waals surface area contributed by atoms with Gasteiger partial charge in [0.1, 0.15) is 0 Å². The minimum Gasteiger partial charge on any atom is -1.00 e. The van der Waals surface area contributed by atoms with Gasteiger partial charge in [0, 0.05) is 17.5 Å². The summed E-state index contributed by atoms with van der Waals surface area (Å²) in [5.74, 6) is -0.464. The monoisotopic (exact) mass is 307 g/mol. The van der Waals surface area contributed by atoms with Crippen LogP contribution >= 0.6 is 11.9 Å². The van der Waals surface area contributed by atoms with E-state index in [0.717, 1.165) is 4.90 Å². The molecule has 1 aliphatic rings. The maximum Gasteiger partial charge on any atom is 1.00 e. The molecule has 7 nitrogen and oxygen atoms in total. The second kappa shape index (κ2) is 6.73. The van der Waals surface area contributed by atoms with Gasteiger partial charge in [-0.2, -0.15) is 0 Å². The number of carbonyl (C=O) groups excluding carboxylic acids is 1. The Morgan fingerprint density at radius 1 is 1.53 bits per heavy atom. The van der Waals surface area contributed by atoms with Crippen molar-refractivity contribution in [2.75, 3.05) is 7.05 Å². The Morgan fingerprint density at radius 3 is 2.74 bits per heavy atom. The zero-order valence-electron chi connectivity index (χ0n) is 11.3. The fraction of sp³-hybridized carbons (Fsp3) is 0.100. The molecule has 1 aromatic carbocycles. The molecule has 0 radical (unpaired) electrons. The minimum atomic E-state index is -0.885. The topological polar surface area (TPSA) is 86.9 Å². The molecule has 0 aromatic heterocycles. The first-order valence-electron chi connectivity index (χ1n) is 4.89. The summed E-state index contributed by atoms with van der Waals surface area (Å²) in [6.45, 7) is 0. The third kappa shape index (κ3) is 3.12. The number of aliphatic hydroxyl groups is 1. The van der Waals surface area contributed by atoms with E-state index in [4.69, 9.17) is 0 Å². The normalized spacial score (nSPS) is 13.4. The van der Waals surface area contributed by atoms with E-state index in [0.29, 0.717) is 5.56 Å². The third-order valence-corrected chi connectivity index (χ3v) is 3.38. The molecular formula is C10H10KN3O4S. The van der Waals surface area contributed by atoms with Gasteiger partial charge >= 0.3 is 51.4 Å². The molecule has 1 aromatic rings. The van der Waals surface area contributed by atoms with E-state index in [1.807, 2.05) is 0 Å². The number of fused-ring (bicyclic) bond motifs is 1. The second-order valence-electron chi connectivity index (χ2n) is 3.44. The van der Waals surface area contributed by atoms with Crippen LogP contribution in [0.25, 0.3) is 5.76 Å². The number of hydrogen-bond acceptors (Lipinski definition) is 6. The van der Waals surface area contributed by atoms with E-state index in [1.165, 1.54) is 23.3 Å². The number of carbonyl (C=O) groups is 1. The third-order valence-electron chi connectivity index (χ3n) is 2.38. The van der Waals surface area contributed by atoms with Gasteiger partial charge in [-0.15, -0.1) is 0 Å². The molecule has 1 N–H and O–H groups in total. The van der Waals surface area contributed by atoms with E-state index in [2.05, 4.69) is 0 Å². The van der Waals surface area contributed by atoms with Crippen LogP contribution in [0.4, 0.5) is 0 Å². The van der Waals surface area contributed by atoms with Crippen LogP contribution in [0.2, 0.25) is 0 Å². The zero-order chi connectivity index (χ0) is 13.3. The van der Waals surface area contributed by atoms with Crippen molar-refractivity contribution in [2.24, 2.45) is 0 Å². The van der Waals surface area contributed by atoms with Crippen molar-refractivity contribution in [3.05, 3.63) is 45.8 Å². The molecule has 9 heteroatoms. The number of nitrogens with zero attached hydrogens (tertiary/aromatic N) is 3. The van der Waals surface area contributed by atoms with Gasteiger partial charge in [0.05, 0.1) is 0 Å². The quantitative estimate of drug-likeness (QED) is 0.243. The predicted octanol–water partition coefficient (Wildman–Crippen LogP) is -1.41. The summed E-state index contributed by atoms with van der Waals surface area (Å²) in [7, 11) is 1.53. The van der Waals surface area contributed by atoms with Gasteiger partial charge in [-0.3, -0.25) is 9.10 Å². The number of aliphatic hydroxyl groups excluding tert-OH is 1. The maximum absolute atomic E-state index is 10.8. The molecule has 0 atom stereocenters. The maximum atomic E-state index is 10.8. The number of hydrogen-bond donors (Lipinski definition) is 1. The summed E-state index contributed by atoms with van der Waals surface area (Å²) in [5.41, 5.74) is 0.462. The SMILES string of the molecule is CN1Sc2ccccc2C(O)=C1N(C=O)[N+](=O)[O-].[H-].[K+]. The fourth-order valence-corrected chi connectivity index (χ4v) is 2.57. The Kier molecular flexibility index (Phi) is 5.83. The molecule has 1 heterocycles. The summed E-state index contributed by atoms with van der Waals surface area (Å²) >= 11 is 1.20. The van der Waals surface area contributed by atoms with E-state index < -0.39 is 5.03 Å². The van der Waals surface area contributed by atoms with Gasteiger partial charge in [-0.25, -0.2) is 10.1 Å². The Balaban J connectivity index is 0.00000180. The van der Waals surface area contributed by atoms with E-state index in [1.54, 1.807) is 24.3 Å². The van der Waals surface area contributed by atoms with Gasteiger partial charge in [-0.05, 0) is 29.1 Å². The van der Waals surface area contributed by atoms with Gasteiger partial charge in [0.2, 0.25) is 5.82 Å². The average Bonchev–Trinajstić information content (AvgIpc) is 2.34. The molecule has 1 amide bonds. The van der Waals surface area contributed by atoms with Crippen LogP contribution in [-0.2, 0) is 4.79 Å². The van der Waals surface area contributed by atoms with Crippen molar-refractivity contribution in [1.82, 2.24) is 9.31 Å². The summed E-state index contributed by atoms with van der Waals surface area (Å²) in [5, 5.41) is 20.2. The van der Waals surface area contributed by atoms with Crippen LogP contribution in [0, 0.1) is 10.1 Å². The Morgan fingerprint density at radius 2 is 2.16 bits per heavy atom. The van der Waals surface area contributed by atoms with E-state index in [9.17, 15) is 20.0 Å². The summed E-state index contributed by atoms with van der Waals surface area (Å²) in [4.78, 5) is 22.3. The molecule has 19 heavy (non-hydrogen) atoms. The van der Waals surface area contributed by atoms with Gasteiger partial charge in [0.15, 0.2) is 10.8 Å². The molecule has 0 spiro atoms. The number of nitro groups is 1. The van der Waals surface area contributed by atoms with Crippen LogP contribution in [-0.4, -0.2) is 32.9 Å². The minimum absolute atomic E-state index is 0. The molecule has 0 fully saturated rings. The Hall–Kier alpha value is -0.584. The molecule has 0 saturated carbocycles. The molecule has 0 saturated heterocycles. The van der Waals surface area contributed by atoms with Crippen LogP contribution < -0.4 is 51.4 Å². The Labute approximate surface area is 157 Å². The fourth-order valence-electron chi connectivity index (χ4n) is 1.62. The second-order valence-corrected chi connectivity index (χ2v) is 4.62. The molecule has 1 aliphatic heterocycles. The molecule has 0 unspecified atom stereocenters. The number of hydrazine groups is 1. The van der Waals surface area contributed by atoms with Crippen molar-refractivity contribution >= 4 is 24.1 Å². The summed E-state index contributed by atoms with van der Waals surface area (Å²) in [6.07, 6.45) is 0.0521. The van der Waals surface area contributed by atoms with Crippen molar-refractivity contribution in [1.29, 1.82) is 0 Å². The van der Waals surface area contributed by atoms with Crippen molar-refractivity contribution in [3.8, 4) is 0 Å². The first-order chi connectivity index (χ1) is 8.56. The molecule has 96 valence electrons. The number of amides is 1. The zero-order valence-corrected chi connectivity index (χ0v) is 14.2. The van der Waals surface area contributed by atoms with Crippen molar-refractivity contribution < 1.29 is 67.7 Å². The standard InChI is InChI=1S/C10H9N3O4S.K.H/c1-11-10(12(6-14)13(16)17)9(15)7-4-2-3-5-8(7)18-11;;/h2-6,15H,1H3;;/q;+1;-1. The van der Waals surface area contributed by atoms with Gasteiger partial charge < -0.3 is 6.53 Å². The van der Waals surface area contributed by atoms with Gasteiger partial charge in [0.25, 0.3) is 6.41 Å². The Bertz CT molecular complexity index is 557. The van der Waals surface area contributed by atoms with E-state index >= 15 is 0 Å². The van der Waals surface area contributed by atoms with Crippen LogP contribution in [0.15, 0.2) is 35.0 Å². The van der Waals surface area contributed by atoms with Gasteiger partial charge in [-0.1, -0.05) is 12.1 Å². The van der Waals surface area contributed by atoms with Crippen LogP contribution in [0.1, 0.15) is 6.99 Å². The first-order valence-corrected chi connectivity index (χ1v) is 5.66. The molecular weight excluding hydrogens is 297 g/mol. The van der Waals surface area contributed by atoms with Crippen molar-refractivity contribution in [3.63, 3.8) is 0 Å². The molecule has 2 rings (SSSR count). The van der Waals surface area contributed by atoms with E-state index in [-0.39, 0.29) is 75.8 Å². The first kappa shape index (κ1) is 16.5. The largest absolute Gasteiger partial charge is 1.00 e. The van der Waals surface area contributed by atoms with Crippen LogP contribution in [0.5, 0.6) is 0 Å².